The van der Waals surface area contributed by atoms with E-state index in [0.717, 1.165) is 10.0 Å². The summed E-state index contributed by atoms with van der Waals surface area (Å²) < 4.78 is 28.4. The van der Waals surface area contributed by atoms with Crippen LogP contribution in [-0.4, -0.2) is 43.7 Å². The number of aromatic nitrogens is 1. The highest BCUT2D eigenvalue weighted by molar-refractivity contribution is 9.10. The lowest BCUT2D eigenvalue weighted by Gasteiger charge is -2.08. The number of Topliss-reactive ketones (excluding diaryl/α,β-unsaturated/α-hetero) is 1. The van der Waals surface area contributed by atoms with Gasteiger partial charge in [-0.2, -0.15) is 0 Å². The van der Waals surface area contributed by atoms with Crippen LogP contribution in [0.3, 0.4) is 0 Å². The Morgan fingerprint density at radius 2 is 1.78 bits per heavy atom. The number of nitrogens with zero attached hydrogens (tertiary/aromatic N) is 2. The molecule has 1 aromatic heterocycles. The van der Waals surface area contributed by atoms with Gasteiger partial charge in [0.25, 0.3) is 10.0 Å². The van der Waals surface area contributed by atoms with Gasteiger partial charge in [-0.25, -0.2) is 12.4 Å². The lowest BCUT2D eigenvalue weighted by molar-refractivity contribution is 0.0974. The van der Waals surface area contributed by atoms with Crippen LogP contribution in [0.4, 0.5) is 0 Å². The lowest BCUT2D eigenvalue weighted by Crippen LogP contribution is -2.16. The first kappa shape index (κ1) is 19.8. The molecule has 0 unspecified atom stereocenters. The average Bonchev–Trinajstić information content (AvgIpc) is 2.99. The van der Waals surface area contributed by atoms with E-state index in [0.29, 0.717) is 29.4 Å². The van der Waals surface area contributed by atoms with Gasteiger partial charge in [-0.15, -0.1) is 0 Å². The van der Waals surface area contributed by atoms with E-state index in [9.17, 15) is 13.2 Å². The SMILES string of the molecule is Cc1ccc(S(=O)(=O)n2cc(C(=O)CCN(C)C)c3cc(Br)ccc32)cc1. The van der Waals surface area contributed by atoms with Crippen LogP contribution in [0.15, 0.2) is 58.0 Å². The third kappa shape index (κ3) is 4.00. The predicted molar refractivity (Wildman–Crippen MR) is 111 cm³/mol. The molecule has 0 aliphatic rings. The Balaban J connectivity index is 2.16. The van der Waals surface area contributed by atoms with Crippen molar-refractivity contribution < 1.29 is 13.2 Å². The molecule has 3 aromatic rings. The Bertz CT molecular complexity index is 1100. The highest BCUT2D eigenvalue weighted by Gasteiger charge is 2.23. The average molecular weight is 449 g/mol. The molecule has 0 saturated heterocycles. The Kier molecular flexibility index (Phi) is 5.55. The molecular formula is C20H21BrN2O3S. The second kappa shape index (κ2) is 7.58. The van der Waals surface area contributed by atoms with Gasteiger partial charge in [0.1, 0.15) is 0 Å². The monoisotopic (exact) mass is 448 g/mol. The maximum Gasteiger partial charge on any atom is 0.268 e. The van der Waals surface area contributed by atoms with Crippen molar-refractivity contribution in [2.75, 3.05) is 20.6 Å². The molecule has 0 atom stereocenters. The van der Waals surface area contributed by atoms with Gasteiger partial charge in [0, 0.05) is 34.6 Å². The van der Waals surface area contributed by atoms with Crippen LogP contribution in [0.25, 0.3) is 10.9 Å². The molecule has 5 nitrogen and oxygen atoms in total. The van der Waals surface area contributed by atoms with Crippen molar-refractivity contribution in [3.05, 3.63) is 64.3 Å². The first-order valence-corrected chi connectivity index (χ1v) is 10.7. The van der Waals surface area contributed by atoms with E-state index in [1.54, 1.807) is 42.5 Å². The number of carbonyl (C=O) groups excluding carboxylic acids is 1. The largest absolute Gasteiger partial charge is 0.309 e. The van der Waals surface area contributed by atoms with Gasteiger partial charge in [0.15, 0.2) is 5.78 Å². The number of ketones is 1. The van der Waals surface area contributed by atoms with Crippen molar-refractivity contribution in [2.45, 2.75) is 18.2 Å². The predicted octanol–water partition coefficient (Wildman–Crippen LogP) is 4.08. The van der Waals surface area contributed by atoms with Crippen LogP contribution in [-0.2, 0) is 10.0 Å². The van der Waals surface area contributed by atoms with Crippen molar-refractivity contribution in [1.82, 2.24) is 8.87 Å². The molecule has 3 rings (SSSR count). The summed E-state index contributed by atoms with van der Waals surface area (Å²) in [6.45, 7) is 2.50. The molecule has 142 valence electrons. The number of rotatable bonds is 6. The Hall–Kier alpha value is -1.96. The zero-order valence-electron chi connectivity index (χ0n) is 15.4. The van der Waals surface area contributed by atoms with E-state index in [2.05, 4.69) is 15.9 Å². The van der Waals surface area contributed by atoms with Crippen LogP contribution >= 0.6 is 15.9 Å². The minimum absolute atomic E-state index is 0.0790. The second-order valence-corrected chi connectivity index (χ2v) is 9.53. The van der Waals surface area contributed by atoms with Gasteiger partial charge in [0.05, 0.1) is 10.4 Å². The van der Waals surface area contributed by atoms with Crippen LogP contribution in [0.5, 0.6) is 0 Å². The molecule has 0 N–H and O–H groups in total. The van der Waals surface area contributed by atoms with Gasteiger partial charge < -0.3 is 4.90 Å². The fourth-order valence-corrected chi connectivity index (χ4v) is 4.61. The fraction of sp³-hybridized carbons (Fsp3) is 0.250. The zero-order chi connectivity index (χ0) is 19.8. The minimum atomic E-state index is -3.80. The maximum absolute atomic E-state index is 13.2. The van der Waals surface area contributed by atoms with Crippen LogP contribution < -0.4 is 0 Å². The second-order valence-electron chi connectivity index (χ2n) is 6.79. The molecule has 0 saturated carbocycles. The summed E-state index contributed by atoms with van der Waals surface area (Å²) in [5.74, 6) is -0.0790. The first-order chi connectivity index (χ1) is 12.7. The summed E-state index contributed by atoms with van der Waals surface area (Å²) >= 11 is 3.41. The van der Waals surface area contributed by atoms with Crippen LogP contribution in [0.2, 0.25) is 0 Å². The molecule has 0 fully saturated rings. The van der Waals surface area contributed by atoms with Gasteiger partial charge in [-0.3, -0.25) is 4.79 Å². The molecule has 2 aromatic carbocycles. The summed E-state index contributed by atoms with van der Waals surface area (Å²) in [5, 5.41) is 0.629. The van der Waals surface area contributed by atoms with Crippen molar-refractivity contribution in [1.29, 1.82) is 0 Å². The standard InChI is InChI=1S/C20H21BrN2O3S/c1-14-4-7-16(8-5-14)27(25,26)23-13-18(20(24)10-11-22(2)3)17-12-15(21)6-9-19(17)23/h4-9,12-13H,10-11H2,1-3H3. The number of halogens is 1. The van der Waals surface area contributed by atoms with E-state index < -0.39 is 10.0 Å². The van der Waals surface area contributed by atoms with Crippen LogP contribution in [0, 0.1) is 6.92 Å². The maximum atomic E-state index is 13.2. The van der Waals surface area contributed by atoms with Gasteiger partial charge >= 0.3 is 0 Å². The van der Waals surface area contributed by atoms with E-state index in [4.69, 9.17) is 0 Å². The Morgan fingerprint density at radius 1 is 1.11 bits per heavy atom. The molecule has 0 aliphatic heterocycles. The van der Waals surface area contributed by atoms with Gasteiger partial charge in [-0.05, 0) is 51.4 Å². The Labute approximate surface area is 167 Å². The molecule has 0 aliphatic carbocycles. The first-order valence-electron chi connectivity index (χ1n) is 8.51. The van der Waals surface area contributed by atoms with Crippen LogP contribution in [0.1, 0.15) is 22.3 Å². The summed E-state index contributed by atoms with van der Waals surface area (Å²) in [6.07, 6.45) is 1.77. The third-order valence-electron chi connectivity index (χ3n) is 4.40. The molecule has 7 heteroatoms. The van der Waals surface area contributed by atoms with Gasteiger partial charge in [0.2, 0.25) is 0 Å². The van der Waals surface area contributed by atoms with Crippen molar-refractivity contribution in [3.8, 4) is 0 Å². The van der Waals surface area contributed by atoms with E-state index in [1.807, 2.05) is 25.9 Å². The van der Waals surface area contributed by atoms with Crippen molar-refractivity contribution in [3.63, 3.8) is 0 Å². The summed E-state index contributed by atoms with van der Waals surface area (Å²) in [7, 11) is -0.00479. The highest BCUT2D eigenvalue weighted by Crippen LogP contribution is 2.29. The number of hydrogen-bond donors (Lipinski definition) is 0. The Morgan fingerprint density at radius 3 is 2.41 bits per heavy atom. The smallest absolute Gasteiger partial charge is 0.268 e. The topological polar surface area (TPSA) is 59.4 Å². The molecule has 0 amide bonds. The number of carbonyl (C=O) groups is 1. The fourth-order valence-electron chi connectivity index (χ4n) is 2.88. The molecule has 0 spiro atoms. The quantitative estimate of drug-likeness (QED) is 0.532. The van der Waals surface area contributed by atoms with E-state index >= 15 is 0 Å². The van der Waals surface area contributed by atoms with Crippen molar-refractivity contribution >= 4 is 42.6 Å². The molecule has 0 bridgehead atoms. The number of benzene rings is 2. The molecule has 1 heterocycles. The minimum Gasteiger partial charge on any atom is -0.309 e. The van der Waals surface area contributed by atoms with E-state index in [-0.39, 0.29) is 10.7 Å². The van der Waals surface area contributed by atoms with Gasteiger partial charge in [-0.1, -0.05) is 33.6 Å². The molecular weight excluding hydrogens is 428 g/mol. The number of hydrogen-bond acceptors (Lipinski definition) is 4. The molecule has 27 heavy (non-hydrogen) atoms. The number of aryl methyl sites for hydroxylation is 1. The summed E-state index contributed by atoms with van der Waals surface area (Å²) in [4.78, 5) is 14.9. The van der Waals surface area contributed by atoms with Crippen molar-refractivity contribution in [2.24, 2.45) is 0 Å². The zero-order valence-corrected chi connectivity index (χ0v) is 17.8. The van der Waals surface area contributed by atoms with E-state index in [1.165, 1.54) is 10.2 Å². The third-order valence-corrected chi connectivity index (χ3v) is 6.58. The highest BCUT2D eigenvalue weighted by atomic mass is 79.9. The lowest BCUT2D eigenvalue weighted by atomic mass is 10.1. The summed E-state index contributed by atoms with van der Waals surface area (Å²) in [5.41, 5.74) is 1.89. The number of fused-ring (bicyclic) bond motifs is 1. The summed E-state index contributed by atoms with van der Waals surface area (Å²) in [6, 6.07) is 12.0. The molecule has 0 radical (unpaired) electrons. The normalized spacial score (nSPS) is 12.0.